The molecule has 0 aliphatic carbocycles. The first kappa shape index (κ1) is 23.4. The van der Waals surface area contributed by atoms with Crippen LogP contribution in [0.5, 0.6) is 5.75 Å². The van der Waals surface area contributed by atoms with Gasteiger partial charge in [0.2, 0.25) is 0 Å². The number of amides is 1. The van der Waals surface area contributed by atoms with E-state index in [0.29, 0.717) is 27.7 Å². The zero-order valence-corrected chi connectivity index (χ0v) is 18.7. The van der Waals surface area contributed by atoms with Crippen LogP contribution in [0.15, 0.2) is 78.9 Å². The number of para-hydroxylation sites is 1. The molecule has 0 aliphatic heterocycles. The van der Waals surface area contributed by atoms with E-state index in [-0.39, 0.29) is 12.2 Å². The van der Waals surface area contributed by atoms with Gasteiger partial charge in [0.25, 0.3) is 5.91 Å². The number of methoxy groups -OCH3 is 1. The van der Waals surface area contributed by atoms with Gasteiger partial charge in [-0.15, -0.1) is 0 Å². The molecule has 1 amide bonds. The van der Waals surface area contributed by atoms with Crippen molar-refractivity contribution in [2.75, 3.05) is 7.11 Å². The highest BCUT2D eigenvalue weighted by Crippen LogP contribution is 2.30. The van der Waals surface area contributed by atoms with Gasteiger partial charge in [-0.25, -0.2) is 4.68 Å². The van der Waals surface area contributed by atoms with E-state index in [4.69, 9.17) is 16.3 Å². The summed E-state index contributed by atoms with van der Waals surface area (Å²) < 4.78 is 45.6. The molecule has 0 bridgehead atoms. The van der Waals surface area contributed by atoms with Crippen molar-refractivity contribution in [1.29, 1.82) is 0 Å². The Labute approximate surface area is 198 Å². The fourth-order valence-electron chi connectivity index (χ4n) is 3.38. The lowest BCUT2D eigenvalue weighted by Crippen LogP contribution is -2.25. The molecule has 0 unspecified atom stereocenters. The van der Waals surface area contributed by atoms with Gasteiger partial charge in [-0.1, -0.05) is 35.9 Å². The van der Waals surface area contributed by atoms with Crippen LogP contribution in [0, 0.1) is 0 Å². The maximum absolute atomic E-state index is 13.1. The minimum atomic E-state index is -4.46. The molecular formula is C25H19ClF3N3O2. The topological polar surface area (TPSA) is 56.1 Å². The van der Waals surface area contributed by atoms with Crippen molar-refractivity contribution in [2.24, 2.45) is 0 Å². The Morgan fingerprint density at radius 3 is 2.44 bits per heavy atom. The lowest BCUT2D eigenvalue weighted by molar-refractivity contribution is -0.137. The number of carbonyl (C=O) groups excluding carboxylic acids is 1. The average Bonchev–Trinajstić information content (AvgIpc) is 3.28. The second-order valence-corrected chi connectivity index (χ2v) is 7.79. The van der Waals surface area contributed by atoms with Crippen LogP contribution in [0.2, 0.25) is 5.02 Å². The van der Waals surface area contributed by atoms with E-state index in [9.17, 15) is 18.0 Å². The lowest BCUT2D eigenvalue weighted by atomic mass is 10.1. The van der Waals surface area contributed by atoms with E-state index in [0.717, 1.165) is 17.7 Å². The molecule has 0 saturated carbocycles. The number of carbonyl (C=O) groups is 1. The van der Waals surface area contributed by atoms with Gasteiger partial charge in [0.1, 0.15) is 11.4 Å². The zero-order valence-electron chi connectivity index (χ0n) is 17.9. The molecule has 0 aliphatic rings. The summed E-state index contributed by atoms with van der Waals surface area (Å²) in [6, 6.07) is 20.5. The van der Waals surface area contributed by atoms with E-state index in [2.05, 4.69) is 10.4 Å². The molecule has 1 N–H and O–H groups in total. The largest absolute Gasteiger partial charge is 0.497 e. The summed E-state index contributed by atoms with van der Waals surface area (Å²) in [6.07, 6.45) is -4.46. The number of benzene rings is 3. The van der Waals surface area contributed by atoms with Crippen molar-refractivity contribution in [2.45, 2.75) is 12.7 Å². The van der Waals surface area contributed by atoms with Crippen molar-refractivity contribution < 1.29 is 22.7 Å². The summed E-state index contributed by atoms with van der Waals surface area (Å²) in [5.41, 5.74) is 1.49. The van der Waals surface area contributed by atoms with Crippen molar-refractivity contribution >= 4 is 17.5 Å². The van der Waals surface area contributed by atoms with E-state index in [1.807, 2.05) is 12.1 Å². The quantitative estimate of drug-likeness (QED) is 0.356. The van der Waals surface area contributed by atoms with Crippen molar-refractivity contribution in [3.63, 3.8) is 0 Å². The highest BCUT2D eigenvalue weighted by Gasteiger charge is 2.30. The number of nitrogens with zero attached hydrogens (tertiary/aromatic N) is 2. The van der Waals surface area contributed by atoms with Crippen molar-refractivity contribution in [3.8, 4) is 22.7 Å². The predicted octanol–water partition coefficient (Wildman–Crippen LogP) is 6.15. The van der Waals surface area contributed by atoms with Crippen LogP contribution >= 0.6 is 11.6 Å². The van der Waals surface area contributed by atoms with Crippen LogP contribution in [0.4, 0.5) is 13.2 Å². The Morgan fingerprint density at radius 2 is 1.76 bits per heavy atom. The minimum absolute atomic E-state index is 0.0890. The Kier molecular flexibility index (Phi) is 6.61. The van der Waals surface area contributed by atoms with Crippen LogP contribution in [0.1, 0.15) is 21.6 Å². The lowest BCUT2D eigenvalue weighted by Gasteiger charge is -2.11. The summed E-state index contributed by atoms with van der Waals surface area (Å²) in [6.45, 7) is -0.0890. The molecule has 0 fully saturated rings. The number of halogens is 4. The highest BCUT2D eigenvalue weighted by atomic mass is 35.5. The van der Waals surface area contributed by atoms with Gasteiger partial charge in [0, 0.05) is 12.1 Å². The summed E-state index contributed by atoms with van der Waals surface area (Å²) in [5.74, 6) is 0.165. The predicted molar refractivity (Wildman–Crippen MR) is 123 cm³/mol. The first-order valence-corrected chi connectivity index (χ1v) is 10.6. The molecule has 0 saturated heterocycles. The number of rotatable bonds is 6. The van der Waals surface area contributed by atoms with Crippen LogP contribution in [0.25, 0.3) is 16.9 Å². The van der Waals surface area contributed by atoms with Gasteiger partial charge >= 0.3 is 6.18 Å². The number of alkyl halides is 3. The Hall–Kier alpha value is -3.78. The Bertz CT molecular complexity index is 1320. The fourth-order valence-corrected chi connectivity index (χ4v) is 3.60. The number of ether oxygens (including phenoxy) is 1. The Balaban J connectivity index is 1.66. The second-order valence-electron chi connectivity index (χ2n) is 7.39. The van der Waals surface area contributed by atoms with Crippen LogP contribution in [0.3, 0.4) is 0 Å². The van der Waals surface area contributed by atoms with E-state index >= 15 is 0 Å². The third-order valence-corrected chi connectivity index (χ3v) is 5.44. The monoisotopic (exact) mass is 485 g/mol. The standard InChI is InChI=1S/C25H19ClF3N3O2/c1-34-19-11-9-17(10-12-19)21-14-23(32(31-21)22-8-3-2-7-20(22)26)24(33)30-15-16-5-4-6-18(13-16)25(27,28)29/h2-14H,15H2,1H3,(H,30,33). The van der Waals surface area contributed by atoms with Crippen molar-refractivity contribution in [1.82, 2.24) is 15.1 Å². The van der Waals surface area contributed by atoms with Crippen LogP contribution < -0.4 is 10.1 Å². The average molecular weight is 486 g/mol. The molecule has 34 heavy (non-hydrogen) atoms. The smallest absolute Gasteiger partial charge is 0.416 e. The summed E-state index contributed by atoms with van der Waals surface area (Å²) >= 11 is 6.35. The number of hydrogen-bond donors (Lipinski definition) is 1. The van der Waals surface area contributed by atoms with E-state index < -0.39 is 17.6 Å². The molecule has 0 atom stereocenters. The van der Waals surface area contributed by atoms with Gasteiger partial charge < -0.3 is 10.1 Å². The molecule has 3 aromatic carbocycles. The molecule has 0 radical (unpaired) electrons. The van der Waals surface area contributed by atoms with Gasteiger partial charge in [-0.2, -0.15) is 18.3 Å². The summed E-state index contributed by atoms with van der Waals surface area (Å²) in [5, 5.41) is 7.64. The molecule has 1 aromatic heterocycles. The fraction of sp³-hybridized carbons (Fsp3) is 0.120. The van der Waals surface area contributed by atoms with Gasteiger partial charge in [-0.3, -0.25) is 4.79 Å². The number of aromatic nitrogens is 2. The molecule has 4 aromatic rings. The SMILES string of the molecule is COc1ccc(-c2cc(C(=O)NCc3cccc(C(F)(F)F)c3)n(-c3ccccc3Cl)n2)cc1. The van der Waals surface area contributed by atoms with Crippen LogP contribution in [-0.4, -0.2) is 22.8 Å². The van der Waals surface area contributed by atoms with Crippen molar-refractivity contribution in [3.05, 3.63) is 101 Å². The maximum atomic E-state index is 13.1. The normalized spacial score (nSPS) is 11.3. The van der Waals surface area contributed by atoms with Crippen LogP contribution in [-0.2, 0) is 12.7 Å². The molecule has 4 rings (SSSR count). The number of nitrogens with one attached hydrogen (secondary N) is 1. The van der Waals surface area contributed by atoms with Gasteiger partial charge in [0.15, 0.2) is 0 Å². The molecule has 1 heterocycles. The van der Waals surface area contributed by atoms with Gasteiger partial charge in [-0.05, 0) is 60.2 Å². The minimum Gasteiger partial charge on any atom is -0.497 e. The maximum Gasteiger partial charge on any atom is 0.416 e. The zero-order chi connectivity index (χ0) is 24.3. The molecule has 0 spiro atoms. The third-order valence-electron chi connectivity index (χ3n) is 5.12. The third kappa shape index (κ3) is 5.07. The molecule has 174 valence electrons. The molecule has 9 heteroatoms. The highest BCUT2D eigenvalue weighted by molar-refractivity contribution is 6.32. The van der Waals surface area contributed by atoms with Gasteiger partial charge in [0.05, 0.1) is 29.1 Å². The molecular weight excluding hydrogens is 467 g/mol. The summed E-state index contributed by atoms with van der Waals surface area (Å²) in [4.78, 5) is 13.1. The first-order chi connectivity index (χ1) is 16.3. The van der Waals surface area contributed by atoms with E-state index in [1.54, 1.807) is 49.6 Å². The second kappa shape index (κ2) is 9.61. The number of hydrogen-bond acceptors (Lipinski definition) is 3. The molecule has 5 nitrogen and oxygen atoms in total. The first-order valence-electron chi connectivity index (χ1n) is 10.2. The van der Waals surface area contributed by atoms with E-state index in [1.165, 1.54) is 16.8 Å². The Morgan fingerprint density at radius 1 is 1.03 bits per heavy atom. The summed E-state index contributed by atoms with van der Waals surface area (Å²) in [7, 11) is 1.56.